The molecule has 8 nitrogen and oxygen atoms in total. The van der Waals surface area contributed by atoms with Crippen LogP contribution in [0.4, 0.5) is 0 Å². The first-order valence-electron chi connectivity index (χ1n) is 9.21. The number of imide groups is 1. The van der Waals surface area contributed by atoms with Crippen molar-refractivity contribution in [3.05, 3.63) is 35.4 Å². The molecule has 0 bridgehead atoms. The highest BCUT2D eigenvalue weighted by atomic mass is 16.2. The molecular weight excluding hydrogens is 348 g/mol. The summed E-state index contributed by atoms with van der Waals surface area (Å²) in [6.07, 6.45) is 2.24. The number of fused-ring (bicyclic) bond motifs is 1. The Morgan fingerprint density at radius 3 is 2.22 bits per heavy atom. The number of piperidine rings is 1. The largest absolute Gasteiger partial charge is 0.369 e. The van der Waals surface area contributed by atoms with Gasteiger partial charge in [-0.15, -0.1) is 0 Å². The maximum Gasteiger partial charge on any atom is 0.261 e. The normalized spacial score (nSPS) is 17.9. The molecule has 0 aliphatic carbocycles. The third-order valence-corrected chi connectivity index (χ3v) is 5.00. The summed E-state index contributed by atoms with van der Waals surface area (Å²) in [7, 11) is 0. The van der Waals surface area contributed by atoms with Crippen LogP contribution in [0.3, 0.4) is 0 Å². The topological polar surface area (TPSA) is 113 Å². The Hall–Kier alpha value is -2.74. The molecule has 2 heterocycles. The van der Waals surface area contributed by atoms with Crippen LogP contribution in [-0.2, 0) is 9.59 Å². The first-order valence-corrected chi connectivity index (χ1v) is 9.21. The highest BCUT2D eigenvalue weighted by Crippen LogP contribution is 2.22. The molecule has 1 aromatic rings. The lowest BCUT2D eigenvalue weighted by Crippen LogP contribution is -2.46. The van der Waals surface area contributed by atoms with E-state index in [1.165, 1.54) is 4.90 Å². The van der Waals surface area contributed by atoms with Gasteiger partial charge < -0.3 is 11.1 Å². The van der Waals surface area contributed by atoms with Crippen molar-refractivity contribution in [3.63, 3.8) is 0 Å². The molecule has 1 saturated heterocycles. The second-order valence-electron chi connectivity index (χ2n) is 7.00. The van der Waals surface area contributed by atoms with Crippen molar-refractivity contribution in [2.75, 3.05) is 26.2 Å². The van der Waals surface area contributed by atoms with Crippen LogP contribution in [0.15, 0.2) is 24.3 Å². The van der Waals surface area contributed by atoms with Crippen LogP contribution >= 0.6 is 0 Å². The van der Waals surface area contributed by atoms with Crippen LogP contribution in [0.2, 0.25) is 0 Å². The zero-order chi connectivity index (χ0) is 19.4. The number of amides is 4. The van der Waals surface area contributed by atoms with E-state index in [0.29, 0.717) is 17.5 Å². The standard InChI is InChI=1S/C19H24N4O4/c20-16(24)12-22-10-7-13(8-11-22)21-17(25)6-3-9-23-18(26)14-4-1-2-5-15(14)19(23)27/h1-2,4-5,13H,3,6-12H2,(H2,20,24)(H,21,25). The van der Waals surface area contributed by atoms with Crippen LogP contribution in [0, 0.1) is 0 Å². The lowest BCUT2D eigenvalue weighted by Gasteiger charge is -2.31. The minimum absolute atomic E-state index is 0.0834. The fourth-order valence-electron chi connectivity index (χ4n) is 3.60. The molecule has 3 rings (SSSR count). The fourth-order valence-corrected chi connectivity index (χ4v) is 3.60. The number of likely N-dealkylation sites (tertiary alicyclic amines) is 1. The number of rotatable bonds is 7. The van der Waals surface area contributed by atoms with E-state index in [-0.39, 0.29) is 49.2 Å². The molecule has 0 atom stereocenters. The van der Waals surface area contributed by atoms with Gasteiger partial charge in [-0.05, 0) is 31.4 Å². The Balaban J connectivity index is 1.39. The van der Waals surface area contributed by atoms with Gasteiger partial charge in [0.15, 0.2) is 0 Å². The van der Waals surface area contributed by atoms with Gasteiger partial charge in [0.25, 0.3) is 11.8 Å². The van der Waals surface area contributed by atoms with E-state index >= 15 is 0 Å². The first kappa shape index (κ1) is 19.0. The Morgan fingerprint density at radius 2 is 1.67 bits per heavy atom. The molecule has 3 N–H and O–H groups in total. The van der Waals surface area contributed by atoms with Gasteiger partial charge in [-0.1, -0.05) is 12.1 Å². The van der Waals surface area contributed by atoms with Crippen molar-refractivity contribution < 1.29 is 19.2 Å². The summed E-state index contributed by atoms with van der Waals surface area (Å²) in [5.41, 5.74) is 6.04. The van der Waals surface area contributed by atoms with E-state index in [0.717, 1.165) is 25.9 Å². The summed E-state index contributed by atoms with van der Waals surface area (Å²) < 4.78 is 0. The Bertz CT molecular complexity index is 721. The van der Waals surface area contributed by atoms with Gasteiger partial charge >= 0.3 is 0 Å². The maximum absolute atomic E-state index is 12.3. The van der Waals surface area contributed by atoms with Crippen molar-refractivity contribution >= 4 is 23.6 Å². The predicted octanol–water partition coefficient (Wildman–Crippen LogP) is 0.129. The molecule has 1 fully saturated rings. The molecule has 0 aromatic heterocycles. The summed E-state index contributed by atoms with van der Waals surface area (Å²) in [4.78, 5) is 50.8. The second-order valence-corrected chi connectivity index (χ2v) is 7.00. The molecule has 144 valence electrons. The number of nitrogens with two attached hydrogens (primary N) is 1. The van der Waals surface area contributed by atoms with Crippen molar-refractivity contribution in [1.29, 1.82) is 0 Å². The number of nitrogens with one attached hydrogen (secondary N) is 1. The average molecular weight is 372 g/mol. The number of carbonyl (C=O) groups excluding carboxylic acids is 4. The minimum Gasteiger partial charge on any atom is -0.369 e. The van der Waals surface area contributed by atoms with Gasteiger partial charge in [0.2, 0.25) is 11.8 Å². The van der Waals surface area contributed by atoms with Crippen molar-refractivity contribution in [3.8, 4) is 0 Å². The third-order valence-electron chi connectivity index (χ3n) is 5.00. The molecule has 27 heavy (non-hydrogen) atoms. The maximum atomic E-state index is 12.3. The zero-order valence-electron chi connectivity index (χ0n) is 15.1. The number of nitrogens with zero attached hydrogens (tertiary/aromatic N) is 2. The zero-order valence-corrected chi connectivity index (χ0v) is 15.1. The summed E-state index contributed by atoms with van der Waals surface area (Å²) in [5, 5.41) is 2.99. The van der Waals surface area contributed by atoms with E-state index in [9.17, 15) is 19.2 Å². The third kappa shape index (κ3) is 4.51. The van der Waals surface area contributed by atoms with E-state index in [1.807, 2.05) is 4.90 Å². The Labute approximate surface area is 157 Å². The average Bonchev–Trinajstić information content (AvgIpc) is 2.88. The highest BCUT2D eigenvalue weighted by Gasteiger charge is 2.34. The van der Waals surface area contributed by atoms with Gasteiger partial charge in [0.05, 0.1) is 17.7 Å². The van der Waals surface area contributed by atoms with Gasteiger partial charge in [-0.25, -0.2) is 0 Å². The van der Waals surface area contributed by atoms with Gasteiger partial charge in [0, 0.05) is 32.1 Å². The Kier molecular flexibility index (Phi) is 5.85. The van der Waals surface area contributed by atoms with Gasteiger partial charge in [-0.3, -0.25) is 29.0 Å². The van der Waals surface area contributed by atoms with E-state index in [2.05, 4.69) is 5.32 Å². The summed E-state index contributed by atoms with van der Waals surface area (Å²) in [6.45, 7) is 1.93. The van der Waals surface area contributed by atoms with Crippen molar-refractivity contribution in [2.24, 2.45) is 5.73 Å². The van der Waals surface area contributed by atoms with Crippen LogP contribution < -0.4 is 11.1 Å². The summed E-state index contributed by atoms with van der Waals surface area (Å²) in [5.74, 6) is -1.01. The fraction of sp³-hybridized carbons (Fsp3) is 0.474. The van der Waals surface area contributed by atoms with E-state index in [4.69, 9.17) is 5.73 Å². The number of benzene rings is 1. The minimum atomic E-state index is -0.342. The summed E-state index contributed by atoms with van der Waals surface area (Å²) in [6, 6.07) is 6.84. The monoisotopic (exact) mass is 372 g/mol. The molecule has 8 heteroatoms. The van der Waals surface area contributed by atoms with Gasteiger partial charge in [0.1, 0.15) is 0 Å². The molecule has 0 unspecified atom stereocenters. The molecule has 1 aromatic carbocycles. The molecular formula is C19H24N4O4. The number of hydrogen-bond acceptors (Lipinski definition) is 5. The van der Waals surface area contributed by atoms with Crippen LogP contribution in [-0.4, -0.2) is 65.6 Å². The molecule has 0 radical (unpaired) electrons. The highest BCUT2D eigenvalue weighted by molar-refractivity contribution is 6.21. The molecule has 4 amide bonds. The SMILES string of the molecule is NC(=O)CN1CCC(NC(=O)CCCN2C(=O)c3ccccc3C2=O)CC1. The lowest BCUT2D eigenvalue weighted by molar-refractivity contribution is -0.123. The van der Waals surface area contributed by atoms with Crippen LogP contribution in [0.25, 0.3) is 0 Å². The second kappa shape index (κ2) is 8.30. The Morgan fingerprint density at radius 1 is 1.07 bits per heavy atom. The molecule has 2 aliphatic rings. The van der Waals surface area contributed by atoms with E-state index in [1.54, 1.807) is 24.3 Å². The number of carbonyl (C=O) groups is 4. The molecule has 0 spiro atoms. The van der Waals surface area contributed by atoms with Crippen molar-refractivity contribution in [2.45, 2.75) is 31.7 Å². The number of primary amides is 1. The van der Waals surface area contributed by atoms with E-state index < -0.39 is 0 Å². The summed E-state index contributed by atoms with van der Waals surface area (Å²) >= 11 is 0. The smallest absolute Gasteiger partial charge is 0.261 e. The first-order chi connectivity index (χ1) is 13.0. The lowest BCUT2D eigenvalue weighted by atomic mass is 10.0. The molecule has 0 saturated carbocycles. The molecule has 2 aliphatic heterocycles. The van der Waals surface area contributed by atoms with Crippen LogP contribution in [0.5, 0.6) is 0 Å². The van der Waals surface area contributed by atoms with Crippen molar-refractivity contribution in [1.82, 2.24) is 15.1 Å². The predicted molar refractivity (Wildman–Crippen MR) is 97.8 cm³/mol. The number of hydrogen-bond donors (Lipinski definition) is 2. The quantitative estimate of drug-likeness (QED) is 0.661. The van der Waals surface area contributed by atoms with Crippen LogP contribution in [0.1, 0.15) is 46.4 Å². The van der Waals surface area contributed by atoms with Gasteiger partial charge in [-0.2, -0.15) is 0 Å².